The number of rotatable bonds is 6. The third-order valence-electron chi connectivity index (χ3n) is 5.41. The summed E-state index contributed by atoms with van der Waals surface area (Å²) in [4.78, 5) is 25.1. The molecular formula is C29H20O6. The lowest BCUT2D eigenvalue weighted by Gasteiger charge is -2.07. The van der Waals surface area contributed by atoms with Crippen molar-refractivity contribution in [3.63, 3.8) is 0 Å². The Morgan fingerprint density at radius 3 is 2.37 bits per heavy atom. The van der Waals surface area contributed by atoms with Crippen LogP contribution in [0.25, 0.3) is 27.8 Å². The quantitative estimate of drug-likeness (QED) is 0.165. The van der Waals surface area contributed by atoms with Gasteiger partial charge in [-0.1, -0.05) is 42.5 Å². The number of hydrogen-bond acceptors (Lipinski definition) is 6. The van der Waals surface area contributed by atoms with Gasteiger partial charge in [0, 0.05) is 12.1 Å². The highest BCUT2D eigenvalue weighted by molar-refractivity contribution is 5.89. The Labute approximate surface area is 200 Å². The summed E-state index contributed by atoms with van der Waals surface area (Å²) >= 11 is 0. The molecule has 0 bridgehead atoms. The van der Waals surface area contributed by atoms with Crippen LogP contribution in [0.2, 0.25) is 0 Å². The second-order valence-electron chi connectivity index (χ2n) is 7.73. The first-order valence-corrected chi connectivity index (χ1v) is 10.9. The molecule has 0 N–H and O–H groups in total. The number of ether oxygens (including phenoxy) is 3. The van der Waals surface area contributed by atoms with E-state index in [0.29, 0.717) is 11.1 Å². The molecule has 0 aliphatic rings. The van der Waals surface area contributed by atoms with Crippen molar-refractivity contribution < 1.29 is 23.4 Å². The van der Waals surface area contributed by atoms with Gasteiger partial charge in [-0.05, 0) is 58.8 Å². The lowest BCUT2D eigenvalue weighted by Crippen LogP contribution is -2.06. The average molecular weight is 464 g/mol. The Bertz CT molecular complexity index is 1610. The minimum absolute atomic E-state index is 0.0694. The van der Waals surface area contributed by atoms with E-state index in [2.05, 4.69) is 0 Å². The lowest BCUT2D eigenvalue weighted by atomic mass is 10.1. The first-order chi connectivity index (χ1) is 17.1. The lowest BCUT2D eigenvalue weighted by molar-refractivity contribution is -0.128. The highest BCUT2D eigenvalue weighted by Crippen LogP contribution is 2.26. The van der Waals surface area contributed by atoms with E-state index in [1.54, 1.807) is 37.5 Å². The standard InChI is InChI=1S/C29H20O6/c1-32-22-10-6-19(7-11-22)8-15-28(30)35-24-13-14-25-26(17-24)33-18-27(29(25)31)34-23-12-9-20-4-2-3-5-21(20)16-23/h2-18H,1H3/b15-8+. The number of hydrogen-bond donors (Lipinski definition) is 0. The van der Waals surface area contributed by atoms with Gasteiger partial charge in [0.05, 0.1) is 12.5 Å². The van der Waals surface area contributed by atoms with E-state index < -0.39 is 5.97 Å². The molecule has 172 valence electrons. The molecule has 6 heteroatoms. The van der Waals surface area contributed by atoms with Gasteiger partial charge in [0.2, 0.25) is 11.2 Å². The van der Waals surface area contributed by atoms with Crippen LogP contribution >= 0.6 is 0 Å². The van der Waals surface area contributed by atoms with Crippen LogP contribution in [0.5, 0.6) is 23.0 Å². The van der Waals surface area contributed by atoms with Gasteiger partial charge in [0.1, 0.15) is 29.1 Å². The molecule has 35 heavy (non-hydrogen) atoms. The topological polar surface area (TPSA) is 75.0 Å². The molecular weight excluding hydrogens is 444 g/mol. The molecule has 5 rings (SSSR count). The first kappa shape index (κ1) is 22.0. The summed E-state index contributed by atoms with van der Waals surface area (Å²) in [6.45, 7) is 0. The fraction of sp³-hybridized carbons (Fsp3) is 0.0345. The Hall–Kier alpha value is -4.84. The van der Waals surface area contributed by atoms with Crippen molar-refractivity contribution in [3.05, 3.63) is 113 Å². The summed E-state index contributed by atoms with van der Waals surface area (Å²) in [5.41, 5.74) is 0.785. The summed E-state index contributed by atoms with van der Waals surface area (Å²) in [5, 5.41) is 2.39. The maximum absolute atomic E-state index is 12.9. The molecule has 0 radical (unpaired) electrons. The number of methoxy groups -OCH3 is 1. The third kappa shape index (κ3) is 4.91. The first-order valence-electron chi connectivity index (χ1n) is 10.9. The monoisotopic (exact) mass is 464 g/mol. The van der Waals surface area contributed by atoms with Crippen molar-refractivity contribution in [3.8, 4) is 23.0 Å². The van der Waals surface area contributed by atoms with Crippen LogP contribution in [0.4, 0.5) is 0 Å². The Balaban J connectivity index is 1.32. The summed E-state index contributed by atoms with van der Waals surface area (Å²) in [6, 6.07) is 25.3. The zero-order valence-electron chi connectivity index (χ0n) is 18.8. The minimum Gasteiger partial charge on any atom is -0.497 e. The average Bonchev–Trinajstić information content (AvgIpc) is 2.89. The zero-order valence-corrected chi connectivity index (χ0v) is 18.8. The molecule has 0 unspecified atom stereocenters. The van der Waals surface area contributed by atoms with Gasteiger partial charge in [-0.2, -0.15) is 0 Å². The Morgan fingerprint density at radius 2 is 1.57 bits per heavy atom. The van der Waals surface area contributed by atoms with Gasteiger partial charge in [0.25, 0.3) is 0 Å². The van der Waals surface area contributed by atoms with Crippen molar-refractivity contribution in [2.45, 2.75) is 0 Å². The van der Waals surface area contributed by atoms with Crippen molar-refractivity contribution in [1.82, 2.24) is 0 Å². The van der Waals surface area contributed by atoms with Crippen LogP contribution in [0, 0.1) is 0 Å². The predicted molar refractivity (Wildman–Crippen MR) is 134 cm³/mol. The van der Waals surface area contributed by atoms with Crippen LogP contribution in [-0.4, -0.2) is 13.1 Å². The number of fused-ring (bicyclic) bond motifs is 2. The van der Waals surface area contributed by atoms with E-state index in [9.17, 15) is 9.59 Å². The normalized spacial score (nSPS) is 11.1. The van der Waals surface area contributed by atoms with Gasteiger partial charge < -0.3 is 18.6 Å². The fourth-order valence-corrected chi connectivity index (χ4v) is 3.61. The minimum atomic E-state index is -0.557. The molecule has 0 aliphatic carbocycles. The predicted octanol–water partition coefficient (Wildman–Crippen LogP) is 6.37. The zero-order chi connectivity index (χ0) is 24.2. The number of carbonyl (C=O) groups excluding carboxylic acids is 1. The Kier molecular flexibility index (Phi) is 6.01. The molecule has 0 fully saturated rings. The number of esters is 1. The Morgan fingerprint density at radius 1 is 0.829 bits per heavy atom. The van der Waals surface area contributed by atoms with E-state index in [0.717, 1.165) is 22.1 Å². The fourth-order valence-electron chi connectivity index (χ4n) is 3.61. The van der Waals surface area contributed by atoms with Crippen LogP contribution < -0.4 is 19.6 Å². The van der Waals surface area contributed by atoms with Crippen molar-refractivity contribution in [2.24, 2.45) is 0 Å². The van der Waals surface area contributed by atoms with Gasteiger partial charge in [-0.15, -0.1) is 0 Å². The summed E-state index contributed by atoms with van der Waals surface area (Å²) < 4.78 is 21.9. The molecule has 1 aromatic heterocycles. The maximum atomic E-state index is 12.9. The van der Waals surface area contributed by atoms with Crippen LogP contribution in [-0.2, 0) is 4.79 Å². The molecule has 4 aromatic carbocycles. The summed E-state index contributed by atoms with van der Waals surface area (Å²) in [6.07, 6.45) is 4.22. The molecule has 5 aromatic rings. The molecule has 0 aliphatic heterocycles. The van der Waals surface area contributed by atoms with Crippen LogP contribution in [0.1, 0.15) is 5.56 Å². The highest BCUT2D eigenvalue weighted by atomic mass is 16.5. The summed E-state index contributed by atoms with van der Waals surface area (Å²) in [5.74, 6) is 1.03. The molecule has 6 nitrogen and oxygen atoms in total. The van der Waals surface area contributed by atoms with Gasteiger partial charge >= 0.3 is 5.97 Å². The van der Waals surface area contributed by atoms with E-state index in [4.69, 9.17) is 18.6 Å². The number of carbonyl (C=O) groups is 1. The number of benzene rings is 4. The van der Waals surface area contributed by atoms with Crippen LogP contribution in [0.3, 0.4) is 0 Å². The smallest absolute Gasteiger partial charge is 0.336 e. The van der Waals surface area contributed by atoms with Crippen LogP contribution in [0.15, 0.2) is 106 Å². The second kappa shape index (κ2) is 9.57. The summed E-state index contributed by atoms with van der Waals surface area (Å²) in [7, 11) is 1.59. The molecule has 0 spiro atoms. The van der Waals surface area contributed by atoms with Crippen molar-refractivity contribution in [2.75, 3.05) is 7.11 Å². The van der Waals surface area contributed by atoms with E-state index in [1.807, 2.05) is 48.5 Å². The van der Waals surface area contributed by atoms with Gasteiger partial charge in [0.15, 0.2) is 0 Å². The van der Waals surface area contributed by atoms with Gasteiger partial charge in [-0.25, -0.2) is 4.79 Å². The van der Waals surface area contributed by atoms with Crippen molar-refractivity contribution in [1.29, 1.82) is 0 Å². The molecule has 0 saturated carbocycles. The molecule has 0 saturated heterocycles. The van der Waals surface area contributed by atoms with E-state index in [-0.39, 0.29) is 22.5 Å². The second-order valence-corrected chi connectivity index (χ2v) is 7.73. The third-order valence-corrected chi connectivity index (χ3v) is 5.41. The molecule has 0 amide bonds. The highest BCUT2D eigenvalue weighted by Gasteiger charge is 2.11. The van der Waals surface area contributed by atoms with E-state index >= 15 is 0 Å². The maximum Gasteiger partial charge on any atom is 0.336 e. The van der Waals surface area contributed by atoms with Gasteiger partial charge in [-0.3, -0.25) is 4.79 Å². The molecule has 1 heterocycles. The van der Waals surface area contributed by atoms with E-state index in [1.165, 1.54) is 24.5 Å². The molecule has 0 atom stereocenters. The van der Waals surface area contributed by atoms with Crippen molar-refractivity contribution >= 4 is 33.8 Å². The SMILES string of the molecule is COc1ccc(/C=C/C(=O)Oc2ccc3c(=O)c(Oc4ccc5ccccc5c4)coc3c2)cc1. The largest absolute Gasteiger partial charge is 0.497 e.